The molecule has 1 saturated heterocycles. The number of ether oxygens (including phenoxy) is 3. The number of rotatable bonds is 11. The Balaban J connectivity index is 0.00000370. The Morgan fingerprint density at radius 2 is 1.60 bits per heavy atom. The SMILES string of the molecule is CCOC(=O)CCOc1ccc(C[N+]2(C)[C@@H]3C=C[C@H]2CC(OC(=O)C(O)(c2cccs2)c2cccs2)C3)cc1.[Br-]. The second-order valence-electron chi connectivity index (χ2n) is 10.2. The third-order valence-corrected chi connectivity index (χ3v) is 9.69. The molecular formula is C30H34BrNO6S2. The number of hydrogen-bond acceptors (Lipinski definition) is 8. The lowest BCUT2D eigenvalue weighted by atomic mass is 9.93. The summed E-state index contributed by atoms with van der Waals surface area (Å²) in [4.78, 5) is 26.1. The zero-order valence-corrected chi connectivity index (χ0v) is 25.8. The van der Waals surface area contributed by atoms with Crippen LogP contribution in [0.25, 0.3) is 0 Å². The molecule has 2 aliphatic rings. The van der Waals surface area contributed by atoms with E-state index in [-0.39, 0.29) is 54.2 Å². The average molecular weight is 649 g/mol. The van der Waals surface area contributed by atoms with Gasteiger partial charge in [0, 0.05) is 18.4 Å². The highest BCUT2D eigenvalue weighted by Crippen LogP contribution is 2.42. The van der Waals surface area contributed by atoms with Gasteiger partial charge < -0.3 is 40.8 Å². The number of hydrogen-bond donors (Lipinski definition) is 1. The number of benzene rings is 1. The molecule has 2 aromatic heterocycles. The van der Waals surface area contributed by atoms with E-state index in [1.165, 1.54) is 28.2 Å². The van der Waals surface area contributed by atoms with Crippen LogP contribution in [0, 0.1) is 0 Å². The molecule has 2 bridgehead atoms. The molecule has 2 unspecified atom stereocenters. The smallest absolute Gasteiger partial charge is 0.349 e. The van der Waals surface area contributed by atoms with Crippen molar-refractivity contribution >= 4 is 34.6 Å². The minimum Gasteiger partial charge on any atom is -1.00 e. The van der Waals surface area contributed by atoms with Gasteiger partial charge in [0.15, 0.2) is 0 Å². The van der Waals surface area contributed by atoms with E-state index in [4.69, 9.17) is 14.2 Å². The summed E-state index contributed by atoms with van der Waals surface area (Å²) in [5.74, 6) is -0.140. The zero-order chi connectivity index (χ0) is 27.5. The molecule has 4 atom stereocenters. The van der Waals surface area contributed by atoms with Crippen molar-refractivity contribution in [1.82, 2.24) is 0 Å². The van der Waals surface area contributed by atoms with Crippen LogP contribution >= 0.6 is 22.7 Å². The summed E-state index contributed by atoms with van der Waals surface area (Å²) in [6.45, 7) is 3.28. The highest BCUT2D eigenvalue weighted by atomic mass is 79.9. The molecule has 40 heavy (non-hydrogen) atoms. The Hall–Kier alpha value is -2.50. The van der Waals surface area contributed by atoms with Crippen LogP contribution in [0.3, 0.4) is 0 Å². The Bertz CT molecular complexity index is 1240. The molecular weight excluding hydrogens is 614 g/mol. The highest BCUT2D eigenvalue weighted by molar-refractivity contribution is 7.12. The van der Waals surface area contributed by atoms with Crippen molar-refractivity contribution in [2.24, 2.45) is 0 Å². The van der Waals surface area contributed by atoms with Crippen LogP contribution in [0.5, 0.6) is 5.75 Å². The maximum absolute atomic E-state index is 13.5. The fourth-order valence-corrected chi connectivity index (χ4v) is 7.31. The van der Waals surface area contributed by atoms with Crippen LogP contribution in [0.4, 0.5) is 0 Å². The van der Waals surface area contributed by atoms with Crippen molar-refractivity contribution in [3.8, 4) is 5.75 Å². The van der Waals surface area contributed by atoms with Crippen LogP contribution < -0.4 is 21.7 Å². The summed E-state index contributed by atoms with van der Waals surface area (Å²) in [5, 5.41) is 15.3. The van der Waals surface area contributed by atoms with E-state index < -0.39 is 11.6 Å². The molecule has 0 spiro atoms. The summed E-state index contributed by atoms with van der Waals surface area (Å²) < 4.78 is 17.5. The second-order valence-corrected chi connectivity index (χ2v) is 12.1. The van der Waals surface area contributed by atoms with Gasteiger partial charge in [0.25, 0.3) is 0 Å². The normalized spacial score (nSPS) is 23.3. The van der Waals surface area contributed by atoms with Gasteiger partial charge in [0.05, 0.1) is 36.4 Å². The second kappa shape index (κ2) is 13.0. The molecule has 0 aliphatic carbocycles. The van der Waals surface area contributed by atoms with E-state index in [0.717, 1.165) is 16.8 Å². The standard InChI is InChI=1S/C30H34NO6S2.BrH/c1-3-35-28(32)14-15-36-24-12-8-21(9-13-24)20-31(2)22-10-11-23(31)19-25(18-22)37-29(33)30(34,26-6-4-16-38-26)27-7-5-17-39-27;/h4-13,16-17,22-23,25,34H,3,14-15,18-20H2,1-2H3;1H/q+1;/p-1/t22-,23+,25?,31?;. The first-order valence-corrected chi connectivity index (χ1v) is 15.0. The van der Waals surface area contributed by atoms with E-state index in [2.05, 4.69) is 31.3 Å². The number of halogens is 1. The Morgan fingerprint density at radius 1 is 1.00 bits per heavy atom. The number of thiophene rings is 2. The molecule has 3 aromatic rings. The van der Waals surface area contributed by atoms with Crippen molar-refractivity contribution in [1.29, 1.82) is 0 Å². The number of piperidine rings is 1. The van der Waals surface area contributed by atoms with E-state index in [1.54, 1.807) is 19.1 Å². The number of nitrogens with zero attached hydrogens (tertiary/aromatic N) is 1. The summed E-state index contributed by atoms with van der Waals surface area (Å²) in [6.07, 6.45) is 5.86. The van der Waals surface area contributed by atoms with Gasteiger partial charge in [-0.05, 0) is 66.2 Å². The average Bonchev–Trinajstić information content (AvgIpc) is 3.67. The summed E-state index contributed by atoms with van der Waals surface area (Å²) in [7, 11) is 2.25. The maximum atomic E-state index is 13.5. The Labute approximate surface area is 253 Å². The van der Waals surface area contributed by atoms with Crippen LogP contribution in [0.2, 0.25) is 0 Å². The van der Waals surface area contributed by atoms with Crippen LogP contribution in [0.1, 0.15) is 41.5 Å². The maximum Gasteiger partial charge on any atom is 0.349 e. The first kappa shape index (κ1) is 30.5. The van der Waals surface area contributed by atoms with Crippen LogP contribution in [-0.2, 0) is 31.2 Å². The molecule has 1 N–H and O–H groups in total. The summed E-state index contributed by atoms with van der Waals surface area (Å²) in [6, 6.07) is 15.7. The largest absolute Gasteiger partial charge is 1.00 e. The summed E-state index contributed by atoms with van der Waals surface area (Å²) in [5.41, 5.74) is -0.598. The molecule has 214 valence electrons. The van der Waals surface area contributed by atoms with Gasteiger partial charge in [-0.1, -0.05) is 12.1 Å². The van der Waals surface area contributed by atoms with Crippen molar-refractivity contribution in [3.05, 3.63) is 86.8 Å². The first-order valence-electron chi connectivity index (χ1n) is 13.2. The lowest BCUT2D eigenvalue weighted by molar-refractivity contribution is -0.957. The molecule has 5 rings (SSSR count). The van der Waals surface area contributed by atoms with Crippen molar-refractivity contribution in [2.45, 2.75) is 56.5 Å². The number of carbonyl (C=O) groups is 2. The first-order chi connectivity index (χ1) is 18.8. The minimum atomic E-state index is -1.79. The lowest BCUT2D eigenvalue weighted by Crippen LogP contribution is -3.00. The van der Waals surface area contributed by atoms with Gasteiger partial charge in [-0.25, -0.2) is 4.79 Å². The van der Waals surface area contributed by atoms with E-state index in [9.17, 15) is 14.7 Å². The fraction of sp³-hybridized carbons (Fsp3) is 0.400. The molecule has 2 aliphatic heterocycles. The predicted molar refractivity (Wildman–Crippen MR) is 151 cm³/mol. The molecule has 0 amide bonds. The molecule has 10 heteroatoms. The van der Waals surface area contributed by atoms with Crippen LogP contribution in [-0.4, -0.2) is 60.0 Å². The van der Waals surface area contributed by atoms with Gasteiger partial charge in [0.1, 0.15) is 30.5 Å². The van der Waals surface area contributed by atoms with Crippen molar-refractivity contribution in [2.75, 3.05) is 20.3 Å². The highest BCUT2D eigenvalue weighted by Gasteiger charge is 2.51. The topological polar surface area (TPSA) is 82.1 Å². The monoisotopic (exact) mass is 647 g/mol. The van der Waals surface area contributed by atoms with E-state index in [0.29, 0.717) is 29.2 Å². The Kier molecular flexibility index (Phi) is 9.89. The van der Waals surface area contributed by atoms with E-state index in [1.807, 2.05) is 35.0 Å². The van der Waals surface area contributed by atoms with Crippen molar-refractivity contribution in [3.63, 3.8) is 0 Å². The third-order valence-electron chi connectivity index (χ3n) is 7.73. The van der Waals surface area contributed by atoms with Gasteiger partial charge in [-0.3, -0.25) is 4.79 Å². The molecule has 7 nitrogen and oxygen atoms in total. The number of quaternary nitrogens is 1. The minimum absolute atomic E-state index is 0. The van der Waals surface area contributed by atoms with Gasteiger partial charge >= 0.3 is 11.9 Å². The van der Waals surface area contributed by atoms with Crippen molar-refractivity contribution < 1.29 is 50.4 Å². The van der Waals surface area contributed by atoms with Gasteiger partial charge in [0.2, 0.25) is 5.60 Å². The molecule has 0 saturated carbocycles. The third kappa shape index (κ3) is 6.21. The van der Waals surface area contributed by atoms with E-state index >= 15 is 0 Å². The zero-order valence-electron chi connectivity index (χ0n) is 22.5. The number of fused-ring (bicyclic) bond motifs is 2. The molecule has 0 radical (unpaired) electrons. The van der Waals surface area contributed by atoms with Gasteiger partial charge in [-0.15, -0.1) is 22.7 Å². The number of esters is 2. The number of carbonyl (C=O) groups excluding carboxylic acids is 2. The number of likely N-dealkylation sites (N-methyl/N-ethyl adjacent to an activating group) is 1. The predicted octanol–water partition coefficient (Wildman–Crippen LogP) is 2.04. The molecule has 1 aromatic carbocycles. The summed E-state index contributed by atoms with van der Waals surface area (Å²) >= 11 is 2.70. The molecule has 1 fully saturated rings. The Morgan fingerprint density at radius 3 is 2.12 bits per heavy atom. The van der Waals surface area contributed by atoms with Crippen LogP contribution in [0.15, 0.2) is 71.4 Å². The number of aliphatic hydroxyl groups is 1. The quantitative estimate of drug-likeness (QED) is 0.195. The fourth-order valence-electron chi connectivity index (χ4n) is 5.60. The van der Waals surface area contributed by atoms with Gasteiger partial charge in [-0.2, -0.15) is 0 Å². The molecule has 4 heterocycles. The lowest BCUT2D eigenvalue weighted by Gasteiger charge is -2.47.